The number of nitriles is 2. The highest BCUT2D eigenvalue weighted by molar-refractivity contribution is 5.74. The third-order valence-electron chi connectivity index (χ3n) is 6.34. The Labute approximate surface area is 205 Å². The van der Waals surface area contributed by atoms with Gasteiger partial charge in [0.05, 0.1) is 29.8 Å². The van der Waals surface area contributed by atoms with Gasteiger partial charge < -0.3 is 9.64 Å². The summed E-state index contributed by atoms with van der Waals surface area (Å²) in [6.45, 7) is 2.31. The van der Waals surface area contributed by atoms with Crippen LogP contribution in [0.3, 0.4) is 0 Å². The standard InChI is InChI=1S/C24H21F2N9O/c1-15-23(31-32-35(15)19-4-6-33(14-28)7-5-19)16-8-21(24-17(10-27)11-30-34(24)13-16)36-22(9-25)20-3-2-18(26)12-29-20/h2-3,8,11-13,19,22H,4-7,9H2,1H3. The van der Waals surface area contributed by atoms with E-state index in [0.29, 0.717) is 29.9 Å². The van der Waals surface area contributed by atoms with Gasteiger partial charge in [-0.25, -0.2) is 18.0 Å². The van der Waals surface area contributed by atoms with Gasteiger partial charge >= 0.3 is 0 Å². The van der Waals surface area contributed by atoms with Crippen molar-refractivity contribution in [3.8, 4) is 29.3 Å². The van der Waals surface area contributed by atoms with Crippen LogP contribution >= 0.6 is 0 Å². The third-order valence-corrected chi connectivity index (χ3v) is 6.34. The number of hydrogen-bond donors (Lipinski definition) is 0. The molecule has 1 saturated heterocycles. The van der Waals surface area contributed by atoms with Crippen LogP contribution in [0.1, 0.15) is 41.9 Å². The van der Waals surface area contributed by atoms with Gasteiger partial charge in [0.2, 0.25) is 0 Å². The zero-order chi connectivity index (χ0) is 25.2. The Hall–Kier alpha value is -4.58. The fourth-order valence-electron chi connectivity index (χ4n) is 4.45. The van der Waals surface area contributed by atoms with Gasteiger partial charge in [0, 0.05) is 24.8 Å². The van der Waals surface area contributed by atoms with Crippen molar-refractivity contribution >= 4 is 5.52 Å². The Kier molecular flexibility index (Phi) is 6.17. The molecule has 1 unspecified atom stereocenters. The van der Waals surface area contributed by atoms with Gasteiger partial charge in [-0.3, -0.25) is 4.98 Å². The summed E-state index contributed by atoms with van der Waals surface area (Å²) in [6.07, 6.45) is 6.72. The Bertz CT molecular complexity index is 1470. The summed E-state index contributed by atoms with van der Waals surface area (Å²) in [7, 11) is 0. The van der Waals surface area contributed by atoms with Gasteiger partial charge in [-0.05, 0) is 38.0 Å². The Morgan fingerprint density at radius 2 is 2.03 bits per heavy atom. The highest BCUT2D eigenvalue weighted by atomic mass is 19.1. The van der Waals surface area contributed by atoms with Gasteiger partial charge in [-0.2, -0.15) is 15.6 Å². The van der Waals surface area contributed by atoms with Crippen LogP contribution < -0.4 is 4.74 Å². The maximum absolute atomic E-state index is 14.0. The SMILES string of the molecule is Cc1c(-c2cc(OC(CF)c3ccc(F)cn3)c3c(C#N)cnn3c2)nnn1C1CCN(C#N)CC1. The average molecular weight is 489 g/mol. The number of pyridine rings is 2. The van der Waals surface area contributed by atoms with E-state index in [1.54, 1.807) is 17.2 Å². The topological polar surface area (TPSA) is 121 Å². The van der Waals surface area contributed by atoms with Gasteiger partial charge in [0.15, 0.2) is 12.3 Å². The number of halogens is 2. The first-order chi connectivity index (χ1) is 17.5. The molecule has 12 heteroatoms. The predicted molar refractivity (Wildman–Crippen MR) is 123 cm³/mol. The molecule has 5 rings (SSSR count). The first-order valence-electron chi connectivity index (χ1n) is 11.3. The van der Waals surface area contributed by atoms with E-state index in [-0.39, 0.29) is 23.0 Å². The maximum atomic E-state index is 14.0. The van der Waals surface area contributed by atoms with Crippen molar-refractivity contribution in [2.24, 2.45) is 0 Å². The van der Waals surface area contributed by atoms with Gasteiger partial charge in [-0.15, -0.1) is 5.10 Å². The van der Waals surface area contributed by atoms with Crippen LogP contribution in [0.5, 0.6) is 5.75 Å². The largest absolute Gasteiger partial charge is 0.479 e. The molecule has 1 aliphatic heterocycles. The van der Waals surface area contributed by atoms with E-state index in [2.05, 4.69) is 32.7 Å². The molecule has 36 heavy (non-hydrogen) atoms. The lowest BCUT2D eigenvalue weighted by atomic mass is 10.0. The number of aromatic nitrogens is 6. The summed E-state index contributed by atoms with van der Waals surface area (Å²) in [6, 6.07) is 6.40. The minimum absolute atomic E-state index is 0.116. The summed E-state index contributed by atoms with van der Waals surface area (Å²) in [4.78, 5) is 5.67. The highest BCUT2D eigenvalue weighted by Crippen LogP contribution is 2.34. The normalized spacial score (nSPS) is 15.0. The molecular formula is C24H21F2N9O. The van der Waals surface area contributed by atoms with Crippen LogP contribution in [0.25, 0.3) is 16.8 Å². The molecule has 0 amide bonds. The van der Waals surface area contributed by atoms with E-state index in [1.165, 1.54) is 22.8 Å². The second-order valence-corrected chi connectivity index (χ2v) is 8.50. The molecule has 0 aliphatic carbocycles. The summed E-state index contributed by atoms with van der Waals surface area (Å²) in [5.41, 5.74) is 2.88. The number of alkyl halides is 1. The number of nitrogens with zero attached hydrogens (tertiary/aromatic N) is 9. The zero-order valence-electron chi connectivity index (χ0n) is 19.3. The second kappa shape index (κ2) is 9.58. The number of rotatable bonds is 6. The molecule has 4 aromatic heterocycles. The molecule has 182 valence electrons. The molecule has 1 fully saturated rings. The van der Waals surface area contributed by atoms with E-state index in [9.17, 15) is 14.0 Å². The van der Waals surface area contributed by atoms with Crippen molar-refractivity contribution in [1.82, 2.24) is 34.5 Å². The van der Waals surface area contributed by atoms with Crippen molar-refractivity contribution in [2.45, 2.75) is 31.9 Å². The number of fused-ring (bicyclic) bond motifs is 1. The molecule has 4 aromatic rings. The maximum Gasteiger partial charge on any atom is 0.179 e. The van der Waals surface area contributed by atoms with Crippen LogP contribution in [-0.2, 0) is 0 Å². The van der Waals surface area contributed by atoms with E-state index < -0.39 is 18.6 Å². The van der Waals surface area contributed by atoms with Crippen molar-refractivity contribution in [3.63, 3.8) is 0 Å². The Balaban J connectivity index is 1.53. The van der Waals surface area contributed by atoms with Gasteiger partial charge in [0.1, 0.15) is 41.1 Å². The monoisotopic (exact) mass is 489 g/mol. The van der Waals surface area contributed by atoms with E-state index >= 15 is 0 Å². The fourth-order valence-corrected chi connectivity index (χ4v) is 4.45. The van der Waals surface area contributed by atoms with E-state index in [1.807, 2.05) is 11.6 Å². The lowest BCUT2D eigenvalue weighted by Crippen LogP contribution is -2.31. The molecule has 1 atom stereocenters. The smallest absolute Gasteiger partial charge is 0.179 e. The van der Waals surface area contributed by atoms with Crippen molar-refractivity contribution in [1.29, 1.82) is 10.5 Å². The van der Waals surface area contributed by atoms with Crippen molar-refractivity contribution in [2.75, 3.05) is 19.8 Å². The highest BCUT2D eigenvalue weighted by Gasteiger charge is 2.25. The number of likely N-dealkylation sites (tertiary alicyclic amines) is 1. The third kappa shape index (κ3) is 4.18. The molecule has 0 aromatic carbocycles. The number of piperidine rings is 1. The molecule has 1 aliphatic rings. The Morgan fingerprint density at radius 1 is 1.22 bits per heavy atom. The molecule has 0 N–H and O–H groups in total. The number of ether oxygens (including phenoxy) is 1. The summed E-state index contributed by atoms with van der Waals surface area (Å²) < 4.78 is 36.7. The predicted octanol–water partition coefficient (Wildman–Crippen LogP) is 3.51. The molecule has 10 nitrogen and oxygen atoms in total. The second-order valence-electron chi connectivity index (χ2n) is 8.50. The minimum Gasteiger partial charge on any atom is -0.479 e. The van der Waals surface area contributed by atoms with Crippen LogP contribution in [0, 0.1) is 35.5 Å². The summed E-state index contributed by atoms with van der Waals surface area (Å²) in [5.74, 6) is -0.327. The average Bonchev–Trinajstić information content (AvgIpc) is 3.51. The Morgan fingerprint density at radius 3 is 2.69 bits per heavy atom. The molecule has 5 heterocycles. The van der Waals surface area contributed by atoms with Crippen LogP contribution in [0.15, 0.2) is 36.8 Å². The van der Waals surface area contributed by atoms with E-state index in [4.69, 9.17) is 10.00 Å². The van der Waals surface area contributed by atoms with Gasteiger partial charge in [-0.1, -0.05) is 5.21 Å². The molecule has 0 bridgehead atoms. The summed E-state index contributed by atoms with van der Waals surface area (Å²) >= 11 is 0. The fraction of sp³-hybridized carbons (Fsp3) is 0.333. The van der Waals surface area contributed by atoms with E-state index in [0.717, 1.165) is 24.7 Å². The summed E-state index contributed by atoms with van der Waals surface area (Å²) in [5, 5.41) is 31.7. The zero-order valence-corrected chi connectivity index (χ0v) is 19.3. The van der Waals surface area contributed by atoms with Crippen molar-refractivity contribution < 1.29 is 13.5 Å². The molecule has 0 saturated carbocycles. The first-order valence-corrected chi connectivity index (χ1v) is 11.3. The van der Waals surface area contributed by atoms with Crippen LogP contribution in [0.2, 0.25) is 0 Å². The quantitative estimate of drug-likeness (QED) is 0.377. The minimum atomic E-state index is -1.12. The lowest BCUT2D eigenvalue weighted by Gasteiger charge is -2.28. The molecular weight excluding hydrogens is 468 g/mol. The van der Waals surface area contributed by atoms with Crippen molar-refractivity contribution in [3.05, 3.63) is 59.6 Å². The molecule has 0 spiro atoms. The first kappa shape index (κ1) is 23.2. The lowest BCUT2D eigenvalue weighted by molar-refractivity contribution is 0.164. The van der Waals surface area contributed by atoms with Gasteiger partial charge in [0.25, 0.3) is 0 Å². The van der Waals surface area contributed by atoms with Crippen LogP contribution in [-0.4, -0.2) is 54.3 Å². The molecule has 0 radical (unpaired) electrons. The number of hydrogen-bond acceptors (Lipinski definition) is 8. The van der Waals surface area contributed by atoms with Crippen LogP contribution in [0.4, 0.5) is 8.78 Å².